The van der Waals surface area contributed by atoms with Crippen molar-refractivity contribution in [3.05, 3.63) is 0 Å². The van der Waals surface area contributed by atoms with Gasteiger partial charge in [-0.3, -0.25) is 0 Å². The number of carbonyl (C=O) groups excluding carboxylic acids is 1. The van der Waals surface area contributed by atoms with Crippen LogP contribution in [0.3, 0.4) is 0 Å². The summed E-state index contributed by atoms with van der Waals surface area (Å²) in [4.78, 5) is 11.2. The Labute approximate surface area is 77.0 Å². The Balaban J connectivity index is 2.74. The second kappa shape index (κ2) is 2.89. The van der Waals surface area contributed by atoms with E-state index in [1.807, 2.05) is 13.8 Å². The number of methoxy groups -OCH3 is 1. The molecule has 0 bridgehead atoms. The van der Waals surface area contributed by atoms with Crippen LogP contribution in [0.15, 0.2) is 0 Å². The fraction of sp³-hybridized carbons (Fsp3) is 0.875. The van der Waals surface area contributed by atoms with Crippen molar-refractivity contribution in [3.63, 3.8) is 0 Å². The smallest absolute Gasteiger partial charge is 0.357 e. The van der Waals surface area contributed by atoms with Crippen molar-refractivity contribution in [2.75, 3.05) is 7.11 Å². The topological polar surface area (TPSA) is 38.8 Å². The van der Waals surface area contributed by atoms with Gasteiger partial charge < -0.3 is 9.47 Å². The first-order valence-corrected chi connectivity index (χ1v) is 4.41. The predicted molar refractivity (Wildman–Crippen MR) is 45.0 cm³/mol. The van der Waals surface area contributed by atoms with Crippen LogP contribution in [0.4, 0.5) is 0 Å². The Bertz CT molecular complexity index is 200. The van der Waals surface area contributed by atoms with Gasteiger partial charge in [-0.15, -0.1) is 0 Å². The average molecular weight is 193 g/mol. The summed E-state index contributed by atoms with van der Waals surface area (Å²) < 4.78 is 9.77. The molecule has 4 heteroatoms. The normalized spacial score (nSPS) is 31.3. The van der Waals surface area contributed by atoms with Gasteiger partial charge in [0.1, 0.15) is 5.60 Å². The largest absolute Gasteiger partial charge is 0.466 e. The average Bonchev–Trinajstić information content (AvgIpc) is 2.72. The monoisotopic (exact) mass is 192 g/mol. The predicted octanol–water partition coefficient (Wildman–Crippen LogP) is 1.68. The molecule has 1 unspecified atom stereocenters. The lowest BCUT2D eigenvalue weighted by Crippen LogP contribution is -2.29. The van der Waals surface area contributed by atoms with Crippen molar-refractivity contribution in [2.45, 2.75) is 37.4 Å². The van der Waals surface area contributed by atoms with Crippen LogP contribution >= 0.6 is 11.6 Å². The summed E-state index contributed by atoms with van der Waals surface area (Å²) in [6.45, 7) is 3.88. The van der Waals surface area contributed by atoms with Crippen LogP contribution in [0, 0.1) is 0 Å². The van der Waals surface area contributed by atoms with Crippen molar-refractivity contribution in [1.82, 2.24) is 0 Å². The summed E-state index contributed by atoms with van der Waals surface area (Å²) in [6.07, 6.45) is 1.45. The maximum atomic E-state index is 11.2. The first kappa shape index (κ1) is 9.81. The number of alkyl halides is 1. The van der Waals surface area contributed by atoms with Gasteiger partial charge in [0.2, 0.25) is 0 Å². The van der Waals surface area contributed by atoms with Crippen molar-refractivity contribution >= 4 is 17.6 Å². The Hall–Kier alpha value is -0.280. The molecule has 0 amide bonds. The molecule has 0 aromatic rings. The van der Waals surface area contributed by atoms with E-state index >= 15 is 0 Å². The molecule has 0 saturated carbocycles. The standard InChI is InChI=1S/C8H13ClO3/c1-4-7(5-2)8(9,12-7)6(10)11-3/h4-5H2,1-3H3. The van der Waals surface area contributed by atoms with Crippen LogP contribution in [-0.2, 0) is 14.3 Å². The Morgan fingerprint density at radius 2 is 2.00 bits per heavy atom. The number of halogens is 1. The number of esters is 1. The molecule has 0 aromatic carbocycles. The number of ether oxygens (including phenoxy) is 2. The molecule has 70 valence electrons. The van der Waals surface area contributed by atoms with E-state index < -0.39 is 16.6 Å². The number of hydrogen-bond acceptors (Lipinski definition) is 3. The summed E-state index contributed by atoms with van der Waals surface area (Å²) in [6, 6.07) is 0. The van der Waals surface area contributed by atoms with Gasteiger partial charge in [-0.25, -0.2) is 4.79 Å². The fourth-order valence-corrected chi connectivity index (χ4v) is 1.94. The van der Waals surface area contributed by atoms with E-state index in [1.165, 1.54) is 7.11 Å². The van der Waals surface area contributed by atoms with E-state index in [-0.39, 0.29) is 0 Å². The second-order valence-electron chi connectivity index (χ2n) is 2.89. The molecule has 0 spiro atoms. The summed E-state index contributed by atoms with van der Waals surface area (Å²) >= 11 is 5.92. The quantitative estimate of drug-likeness (QED) is 0.388. The zero-order valence-corrected chi connectivity index (χ0v) is 8.27. The number of rotatable bonds is 3. The first-order chi connectivity index (χ1) is 5.56. The SMILES string of the molecule is CCC1(CC)OC1(Cl)C(=O)OC. The molecule has 12 heavy (non-hydrogen) atoms. The third-order valence-corrected chi connectivity index (χ3v) is 3.05. The summed E-state index contributed by atoms with van der Waals surface area (Å²) in [5, 5.41) is -1.22. The van der Waals surface area contributed by atoms with Crippen LogP contribution in [0.1, 0.15) is 26.7 Å². The highest BCUT2D eigenvalue weighted by Gasteiger charge is 2.73. The van der Waals surface area contributed by atoms with Gasteiger partial charge >= 0.3 is 5.97 Å². The lowest BCUT2D eigenvalue weighted by Gasteiger charge is -2.08. The van der Waals surface area contributed by atoms with Gasteiger partial charge in [0, 0.05) is 0 Å². The van der Waals surface area contributed by atoms with Crippen LogP contribution in [-0.4, -0.2) is 23.7 Å². The number of hydrogen-bond donors (Lipinski definition) is 0. The Kier molecular flexibility index (Phi) is 2.36. The second-order valence-corrected chi connectivity index (χ2v) is 3.42. The highest BCUT2D eigenvalue weighted by Crippen LogP contribution is 2.56. The molecule has 1 aliphatic rings. The van der Waals surface area contributed by atoms with Gasteiger partial charge in [0.15, 0.2) is 0 Å². The maximum Gasteiger partial charge on any atom is 0.357 e. The summed E-state index contributed by atoms with van der Waals surface area (Å²) in [7, 11) is 1.31. The number of carbonyl (C=O) groups is 1. The molecular formula is C8H13ClO3. The molecule has 0 N–H and O–H groups in total. The van der Waals surface area contributed by atoms with Crippen LogP contribution in [0.2, 0.25) is 0 Å². The molecule has 1 heterocycles. The van der Waals surface area contributed by atoms with Crippen molar-refractivity contribution in [1.29, 1.82) is 0 Å². The molecule has 0 aliphatic carbocycles. The Morgan fingerprint density at radius 3 is 2.25 bits per heavy atom. The molecular weight excluding hydrogens is 180 g/mol. The lowest BCUT2D eigenvalue weighted by atomic mass is 9.99. The molecule has 1 atom stereocenters. The van der Waals surface area contributed by atoms with Gasteiger partial charge in [-0.05, 0) is 12.8 Å². The zero-order chi connectivity index (χ0) is 9.41. The van der Waals surface area contributed by atoms with Crippen LogP contribution in [0.25, 0.3) is 0 Å². The Morgan fingerprint density at radius 1 is 1.50 bits per heavy atom. The minimum absolute atomic E-state index is 0.493. The maximum absolute atomic E-state index is 11.2. The molecule has 0 radical (unpaired) electrons. The molecule has 1 saturated heterocycles. The first-order valence-electron chi connectivity index (χ1n) is 4.04. The molecule has 1 rings (SSSR count). The number of epoxide rings is 1. The minimum atomic E-state index is -1.22. The zero-order valence-electron chi connectivity index (χ0n) is 7.52. The molecule has 3 nitrogen and oxygen atoms in total. The van der Waals surface area contributed by atoms with Crippen LogP contribution in [0.5, 0.6) is 0 Å². The third-order valence-electron chi connectivity index (χ3n) is 2.47. The summed E-state index contributed by atoms with van der Waals surface area (Å²) in [5.74, 6) is -0.493. The highest BCUT2D eigenvalue weighted by molar-refractivity contribution is 6.35. The highest BCUT2D eigenvalue weighted by atomic mass is 35.5. The lowest BCUT2D eigenvalue weighted by molar-refractivity contribution is -0.143. The minimum Gasteiger partial charge on any atom is -0.466 e. The van der Waals surface area contributed by atoms with E-state index in [0.29, 0.717) is 0 Å². The van der Waals surface area contributed by atoms with E-state index in [0.717, 1.165) is 12.8 Å². The van der Waals surface area contributed by atoms with Crippen LogP contribution < -0.4 is 0 Å². The van der Waals surface area contributed by atoms with E-state index in [9.17, 15) is 4.79 Å². The van der Waals surface area contributed by atoms with E-state index in [1.54, 1.807) is 0 Å². The fourth-order valence-electron chi connectivity index (χ4n) is 1.45. The van der Waals surface area contributed by atoms with Crippen molar-refractivity contribution < 1.29 is 14.3 Å². The van der Waals surface area contributed by atoms with Gasteiger partial charge in [-0.1, -0.05) is 25.4 Å². The van der Waals surface area contributed by atoms with Crippen molar-refractivity contribution in [3.8, 4) is 0 Å². The molecule has 0 aromatic heterocycles. The molecule has 1 aliphatic heterocycles. The van der Waals surface area contributed by atoms with Crippen molar-refractivity contribution in [2.24, 2.45) is 0 Å². The molecule has 1 fully saturated rings. The van der Waals surface area contributed by atoms with E-state index in [4.69, 9.17) is 16.3 Å². The summed E-state index contributed by atoms with van der Waals surface area (Å²) in [5.41, 5.74) is -0.498. The van der Waals surface area contributed by atoms with E-state index in [2.05, 4.69) is 4.74 Å². The van der Waals surface area contributed by atoms with Gasteiger partial charge in [0.05, 0.1) is 7.11 Å². The third kappa shape index (κ3) is 1.04. The van der Waals surface area contributed by atoms with Gasteiger partial charge in [0.25, 0.3) is 5.06 Å². The van der Waals surface area contributed by atoms with Gasteiger partial charge in [-0.2, -0.15) is 0 Å².